The van der Waals surface area contributed by atoms with Crippen molar-refractivity contribution < 1.29 is 39.5 Å². The highest BCUT2D eigenvalue weighted by atomic mass is 32.3. The van der Waals surface area contributed by atoms with E-state index < -0.39 is 47.0 Å². The number of alkyl halides is 3. The molecule has 206 valence electrons. The van der Waals surface area contributed by atoms with Crippen LogP contribution in [0.1, 0.15) is 36.0 Å². The molecule has 3 rings (SSSR count). The van der Waals surface area contributed by atoms with Gasteiger partial charge in [-0.05, 0) is 74.7 Å². The molecule has 0 aromatic heterocycles. The molecule has 1 saturated heterocycles. The van der Waals surface area contributed by atoms with Gasteiger partial charge in [-0.15, -0.1) is 0 Å². The number of nitrogens with zero attached hydrogens (tertiary/aromatic N) is 1. The van der Waals surface area contributed by atoms with Crippen LogP contribution in [0.3, 0.4) is 0 Å². The number of methoxy groups -OCH3 is 2. The first-order valence-electron chi connectivity index (χ1n) is 11.8. The predicted molar refractivity (Wildman–Crippen MR) is 135 cm³/mol. The SMILES string of the molecule is COc1ccc(CCN(C)CCCC2(c3cccc(C(F)(F)F)c3)S(=O)(=O)CCCS2(=O)=O)cc1OC. The lowest BCUT2D eigenvalue weighted by Gasteiger charge is -2.37. The van der Waals surface area contributed by atoms with Crippen LogP contribution in [0.4, 0.5) is 13.2 Å². The molecule has 37 heavy (non-hydrogen) atoms. The number of benzene rings is 2. The van der Waals surface area contributed by atoms with Crippen LogP contribution in [0.2, 0.25) is 0 Å². The first-order chi connectivity index (χ1) is 17.3. The van der Waals surface area contributed by atoms with Gasteiger partial charge >= 0.3 is 6.18 Å². The molecule has 1 heterocycles. The Morgan fingerprint density at radius 1 is 0.919 bits per heavy atom. The fourth-order valence-corrected chi connectivity index (χ4v) is 10.6. The Hall–Kier alpha value is -2.31. The summed E-state index contributed by atoms with van der Waals surface area (Å²) < 4.78 is 101. The molecule has 1 fully saturated rings. The molecule has 0 atom stereocenters. The second-order valence-electron chi connectivity index (χ2n) is 9.17. The van der Waals surface area contributed by atoms with Gasteiger partial charge in [-0.1, -0.05) is 18.2 Å². The predicted octanol–water partition coefficient (Wildman–Crippen LogP) is 4.06. The third kappa shape index (κ3) is 6.06. The van der Waals surface area contributed by atoms with E-state index in [1.54, 1.807) is 20.3 Å². The third-order valence-electron chi connectivity index (χ3n) is 6.74. The van der Waals surface area contributed by atoms with E-state index in [9.17, 15) is 30.0 Å². The fraction of sp³-hybridized carbons (Fsp3) is 0.520. The highest BCUT2D eigenvalue weighted by Gasteiger charge is 2.57. The van der Waals surface area contributed by atoms with Crippen LogP contribution in [0.15, 0.2) is 42.5 Å². The van der Waals surface area contributed by atoms with Crippen molar-refractivity contribution in [3.8, 4) is 11.5 Å². The molecule has 0 saturated carbocycles. The van der Waals surface area contributed by atoms with Gasteiger partial charge in [0.1, 0.15) is 0 Å². The van der Waals surface area contributed by atoms with E-state index in [-0.39, 0.29) is 24.8 Å². The average molecular weight is 564 g/mol. The van der Waals surface area contributed by atoms with Crippen LogP contribution < -0.4 is 9.47 Å². The van der Waals surface area contributed by atoms with Crippen molar-refractivity contribution in [1.82, 2.24) is 4.90 Å². The average Bonchev–Trinajstić information content (AvgIpc) is 2.83. The van der Waals surface area contributed by atoms with Crippen LogP contribution in [0.5, 0.6) is 11.5 Å². The van der Waals surface area contributed by atoms with E-state index in [2.05, 4.69) is 0 Å². The van der Waals surface area contributed by atoms with Crippen LogP contribution in [-0.2, 0) is 36.4 Å². The number of likely N-dealkylation sites (N-methyl/N-ethyl adjacent to an activating group) is 1. The van der Waals surface area contributed by atoms with Crippen molar-refractivity contribution in [2.24, 2.45) is 0 Å². The molecule has 7 nitrogen and oxygen atoms in total. The number of hydrogen-bond donors (Lipinski definition) is 0. The summed E-state index contributed by atoms with van der Waals surface area (Å²) in [4.78, 5) is 1.93. The van der Waals surface area contributed by atoms with Crippen LogP contribution in [0, 0.1) is 0 Å². The number of rotatable bonds is 10. The maximum atomic E-state index is 13.4. The maximum absolute atomic E-state index is 13.4. The van der Waals surface area contributed by atoms with Gasteiger partial charge in [0.05, 0.1) is 31.3 Å². The summed E-state index contributed by atoms with van der Waals surface area (Å²) >= 11 is 0. The van der Waals surface area contributed by atoms with E-state index in [4.69, 9.17) is 9.47 Å². The minimum absolute atomic E-state index is 0.0728. The van der Waals surface area contributed by atoms with Crippen LogP contribution in [0.25, 0.3) is 0 Å². The maximum Gasteiger partial charge on any atom is 0.416 e. The molecule has 2 aromatic carbocycles. The van der Waals surface area contributed by atoms with E-state index in [1.165, 1.54) is 6.07 Å². The Kier molecular flexibility index (Phi) is 8.86. The fourth-order valence-electron chi connectivity index (χ4n) is 4.76. The van der Waals surface area contributed by atoms with Gasteiger partial charge in [-0.3, -0.25) is 0 Å². The topological polar surface area (TPSA) is 90.0 Å². The summed E-state index contributed by atoms with van der Waals surface area (Å²) in [6, 6.07) is 9.27. The minimum Gasteiger partial charge on any atom is -0.493 e. The zero-order valence-corrected chi connectivity index (χ0v) is 22.7. The van der Waals surface area contributed by atoms with Gasteiger partial charge in [-0.2, -0.15) is 13.2 Å². The third-order valence-corrected chi connectivity index (χ3v) is 12.8. The minimum atomic E-state index is -4.73. The quantitative estimate of drug-likeness (QED) is 0.431. The molecule has 12 heteroatoms. The molecule has 0 amide bonds. The van der Waals surface area contributed by atoms with Crippen LogP contribution in [-0.4, -0.2) is 67.6 Å². The largest absolute Gasteiger partial charge is 0.493 e. The summed E-state index contributed by atoms with van der Waals surface area (Å²) in [6.07, 6.45) is -4.32. The van der Waals surface area contributed by atoms with E-state index in [0.717, 1.165) is 17.7 Å². The van der Waals surface area contributed by atoms with E-state index in [0.29, 0.717) is 37.1 Å². The number of ether oxygens (including phenoxy) is 2. The van der Waals surface area contributed by atoms with Crippen molar-refractivity contribution >= 4 is 19.7 Å². The molecule has 1 aliphatic heterocycles. The number of sulfone groups is 2. The van der Waals surface area contributed by atoms with Gasteiger partial charge in [0, 0.05) is 6.54 Å². The molecule has 0 unspecified atom stereocenters. The highest BCUT2D eigenvalue weighted by molar-refractivity contribution is 8.10. The molecule has 0 bridgehead atoms. The summed E-state index contributed by atoms with van der Waals surface area (Å²) in [5, 5.41) is 0. The normalized spacial score (nSPS) is 18.5. The Bertz CT molecular complexity index is 1280. The van der Waals surface area contributed by atoms with Gasteiger partial charge < -0.3 is 14.4 Å². The molecule has 0 radical (unpaired) electrons. The van der Waals surface area contributed by atoms with Gasteiger partial charge in [0.25, 0.3) is 0 Å². The van der Waals surface area contributed by atoms with Crippen molar-refractivity contribution in [1.29, 1.82) is 0 Å². The Labute approximate surface area is 216 Å². The zero-order valence-electron chi connectivity index (χ0n) is 21.0. The smallest absolute Gasteiger partial charge is 0.416 e. The first kappa shape index (κ1) is 29.2. The summed E-state index contributed by atoms with van der Waals surface area (Å²) in [5.74, 6) is 0.419. The van der Waals surface area contributed by atoms with Gasteiger partial charge in [-0.25, -0.2) is 16.8 Å². The van der Waals surface area contributed by atoms with E-state index in [1.807, 2.05) is 24.1 Å². The Balaban J connectivity index is 1.80. The molecule has 0 spiro atoms. The summed E-state index contributed by atoms with van der Waals surface area (Å²) in [5.41, 5.74) is -0.426. The van der Waals surface area contributed by atoms with Crippen molar-refractivity contribution in [3.05, 3.63) is 59.2 Å². The van der Waals surface area contributed by atoms with E-state index >= 15 is 0 Å². The van der Waals surface area contributed by atoms with Gasteiger partial charge in [0.2, 0.25) is 0 Å². The van der Waals surface area contributed by atoms with Crippen molar-refractivity contribution in [3.63, 3.8) is 0 Å². The molecule has 0 N–H and O–H groups in total. The number of hydrogen-bond acceptors (Lipinski definition) is 7. The second-order valence-corrected chi connectivity index (χ2v) is 14.1. The van der Waals surface area contributed by atoms with Crippen LogP contribution >= 0.6 is 0 Å². The zero-order chi connectivity index (χ0) is 27.5. The van der Waals surface area contributed by atoms with Crippen molar-refractivity contribution in [2.75, 3.05) is 45.9 Å². The monoisotopic (exact) mass is 563 g/mol. The second kappa shape index (κ2) is 11.2. The summed E-state index contributed by atoms with van der Waals surface area (Å²) in [6.45, 7) is 0.949. The summed E-state index contributed by atoms with van der Waals surface area (Å²) in [7, 11) is -3.64. The Morgan fingerprint density at radius 2 is 1.57 bits per heavy atom. The molecular formula is C25H32F3NO6S2. The lowest BCUT2D eigenvalue weighted by atomic mass is 10.0. The molecular weight excluding hydrogens is 531 g/mol. The number of halogens is 3. The molecule has 2 aromatic rings. The molecule has 0 aliphatic carbocycles. The molecule has 1 aliphatic rings. The highest BCUT2D eigenvalue weighted by Crippen LogP contribution is 2.46. The lowest BCUT2D eigenvalue weighted by Crippen LogP contribution is -2.50. The Morgan fingerprint density at radius 3 is 2.16 bits per heavy atom. The standard InChI is InChI=1S/C25H32F3NO6S2/c1-29(14-11-19-9-10-22(34-2)23(17-19)35-3)13-5-12-24(36(30,31)15-6-16-37(24,32)33)20-7-4-8-21(18-20)25(26,27)28/h4,7-10,17-18H,5-6,11-16H2,1-3H3. The first-order valence-corrected chi connectivity index (χ1v) is 15.1. The van der Waals surface area contributed by atoms with Gasteiger partial charge in [0.15, 0.2) is 35.3 Å². The lowest BCUT2D eigenvalue weighted by molar-refractivity contribution is -0.137. The van der Waals surface area contributed by atoms with Crippen molar-refractivity contribution in [2.45, 2.75) is 35.9 Å².